The highest BCUT2D eigenvalue weighted by atomic mass is 16.3. The second kappa shape index (κ2) is 4.60. The van der Waals surface area contributed by atoms with Crippen LogP contribution in [0, 0.1) is 0 Å². The molecule has 0 aromatic carbocycles. The number of oxazole rings is 1. The molecule has 1 saturated carbocycles. The third-order valence-corrected chi connectivity index (χ3v) is 2.81. The summed E-state index contributed by atoms with van der Waals surface area (Å²) in [4.78, 5) is 30.1. The van der Waals surface area contributed by atoms with Crippen molar-refractivity contribution in [2.45, 2.75) is 18.8 Å². The number of hydrazine groups is 1. The van der Waals surface area contributed by atoms with Gasteiger partial charge in [0, 0.05) is 12.1 Å². The molecule has 0 saturated heterocycles. The number of carbonyl (C=O) groups is 2. The monoisotopic (exact) mass is 260 g/mol. The van der Waals surface area contributed by atoms with Crippen LogP contribution < -0.4 is 10.9 Å². The summed E-state index contributed by atoms with van der Waals surface area (Å²) in [5.74, 6) is -0.00396. The molecule has 2 aromatic heterocycles. The molecule has 0 aliphatic heterocycles. The zero-order chi connectivity index (χ0) is 13.2. The lowest BCUT2D eigenvalue weighted by molar-refractivity contribution is 0.0841. The number of nitrogens with one attached hydrogen (secondary N) is 3. The van der Waals surface area contributed by atoms with E-state index in [2.05, 4.69) is 20.8 Å². The number of H-pyrrole nitrogens is 1. The van der Waals surface area contributed by atoms with E-state index < -0.39 is 11.8 Å². The molecule has 7 nitrogen and oxygen atoms in total. The van der Waals surface area contributed by atoms with Crippen molar-refractivity contribution >= 4 is 11.8 Å². The van der Waals surface area contributed by atoms with Gasteiger partial charge in [-0.05, 0) is 25.0 Å². The van der Waals surface area contributed by atoms with Gasteiger partial charge in [0.2, 0.25) is 0 Å². The van der Waals surface area contributed by atoms with Crippen molar-refractivity contribution in [2.24, 2.45) is 0 Å². The van der Waals surface area contributed by atoms with Crippen LogP contribution in [0.4, 0.5) is 0 Å². The summed E-state index contributed by atoms with van der Waals surface area (Å²) in [6, 6.07) is 3.29. The Labute approximate surface area is 108 Å². The van der Waals surface area contributed by atoms with E-state index >= 15 is 0 Å². The van der Waals surface area contributed by atoms with Crippen LogP contribution in [0.25, 0.3) is 0 Å². The van der Waals surface area contributed by atoms with Crippen LogP contribution in [-0.2, 0) is 0 Å². The largest absolute Gasteiger partial charge is 0.448 e. The first kappa shape index (κ1) is 11.5. The molecule has 1 aliphatic carbocycles. The predicted molar refractivity (Wildman–Crippen MR) is 64.2 cm³/mol. The molecule has 7 heteroatoms. The maximum atomic E-state index is 11.7. The fourth-order valence-corrected chi connectivity index (χ4v) is 1.63. The van der Waals surface area contributed by atoms with Crippen LogP contribution in [0.3, 0.4) is 0 Å². The normalized spacial score (nSPS) is 14.1. The quantitative estimate of drug-likeness (QED) is 0.715. The maximum Gasteiger partial charge on any atom is 0.291 e. The molecule has 0 radical (unpaired) electrons. The van der Waals surface area contributed by atoms with Gasteiger partial charge in [-0.3, -0.25) is 20.4 Å². The maximum absolute atomic E-state index is 11.7. The van der Waals surface area contributed by atoms with Crippen LogP contribution in [-0.4, -0.2) is 21.8 Å². The molecule has 3 rings (SSSR count). The summed E-state index contributed by atoms with van der Waals surface area (Å²) in [5, 5.41) is 0. The molecule has 0 unspecified atom stereocenters. The third-order valence-electron chi connectivity index (χ3n) is 2.81. The van der Waals surface area contributed by atoms with E-state index in [9.17, 15) is 9.59 Å². The van der Waals surface area contributed by atoms with E-state index in [0.29, 0.717) is 17.5 Å². The van der Waals surface area contributed by atoms with E-state index in [1.807, 2.05) is 0 Å². The average molecular weight is 260 g/mol. The summed E-state index contributed by atoms with van der Waals surface area (Å²) in [6.45, 7) is 0. The Kier molecular flexibility index (Phi) is 2.79. The van der Waals surface area contributed by atoms with Crippen molar-refractivity contribution in [3.63, 3.8) is 0 Å². The van der Waals surface area contributed by atoms with Gasteiger partial charge in [0.1, 0.15) is 12.0 Å². The molecule has 1 fully saturated rings. The van der Waals surface area contributed by atoms with E-state index in [0.717, 1.165) is 12.8 Å². The number of hydrogen-bond donors (Lipinski definition) is 3. The summed E-state index contributed by atoms with van der Waals surface area (Å²) >= 11 is 0. The molecule has 2 amide bonds. The van der Waals surface area contributed by atoms with Crippen LogP contribution >= 0.6 is 0 Å². The van der Waals surface area contributed by atoms with Crippen LogP contribution in [0.5, 0.6) is 0 Å². The first-order valence-corrected chi connectivity index (χ1v) is 5.93. The molecule has 0 bridgehead atoms. The lowest BCUT2D eigenvalue weighted by atomic mass is 10.4. The Balaban J connectivity index is 1.57. The van der Waals surface area contributed by atoms with Gasteiger partial charge in [-0.25, -0.2) is 4.98 Å². The molecule has 0 atom stereocenters. The molecule has 0 spiro atoms. The van der Waals surface area contributed by atoms with Crippen molar-refractivity contribution in [2.75, 3.05) is 0 Å². The van der Waals surface area contributed by atoms with Gasteiger partial charge in [0.05, 0.1) is 0 Å². The number of rotatable bonds is 3. The van der Waals surface area contributed by atoms with Crippen molar-refractivity contribution < 1.29 is 14.0 Å². The van der Waals surface area contributed by atoms with Crippen molar-refractivity contribution in [3.8, 4) is 0 Å². The second-order valence-electron chi connectivity index (χ2n) is 4.34. The Morgan fingerprint density at radius 1 is 1.32 bits per heavy atom. The van der Waals surface area contributed by atoms with Gasteiger partial charge in [-0.15, -0.1) is 0 Å². The standard InChI is InChI=1S/C12H12N4O3/c17-10(8-2-1-5-13-8)15-16-11(18)9-6-19-12(14-9)7-3-4-7/h1-2,5-7,13H,3-4H2,(H,15,17)(H,16,18). The number of aromatic nitrogens is 2. The van der Waals surface area contributed by atoms with Crippen LogP contribution in [0.15, 0.2) is 29.0 Å². The Bertz CT molecular complexity index is 598. The summed E-state index contributed by atoms with van der Waals surface area (Å²) in [5.41, 5.74) is 5.09. The van der Waals surface area contributed by atoms with Crippen molar-refractivity contribution in [1.82, 2.24) is 20.8 Å². The second-order valence-corrected chi connectivity index (χ2v) is 4.34. The van der Waals surface area contributed by atoms with E-state index in [-0.39, 0.29) is 5.69 Å². The first-order valence-electron chi connectivity index (χ1n) is 5.93. The smallest absolute Gasteiger partial charge is 0.291 e. The van der Waals surface area contributed by atoms with Crippen molar-refractivity contribution in [3.05, 3.63) is 41.9 Å². The molecule has 3 N–H and O–H groups in total. The Morgan fingerprint density at radius 3 is 2.79 bits per heavy atom. The highest BCUT2D eigenvalue weighted by Gasteiger charge is 2.29. The minimum Gasteiger partial charge on any atom is -0.448 e. The fraction of sp³-hybridized carbons (Fsp3) is 0.250. The zero-order valence-electron chi connectivity index (χ0n) is 9.97. The highest BCUT2D eigenvalue weighted by molar-refractivity contribution is 5.97. The molecule has 2 heterocycles. The van der Waals surface area contributed by atoms with Crippen LogP contribution in [0.2, 0.25) is 0 Å². The molecule has 2 aromatic rings. The van der Waals surface area contributed by atoms with E-state index in [1.54, 1.807) is 18.3 Å². The van der Waals surface area contributed by atoms with Gasteiger partial charge >= 0.3 is 0 Å². The number of amides is 2. The van der Waals surface area contributed by atoms with Gasteiger partial charge in [0.15, 0.2) is 11.6 Å². The summed E-state index contributed by atoms with van der Waals surface area (Å²) in [7, 11) is 0. The van der Waals surface area contributed by atoms with Crippen LogP contribution in [0.1, 0.15) is 45.6 Å². The first-order chi connectivity index (χ1) is 9.24. The van der Waals surface area contributed by atoms with Gasteiger partial charge in [-0.1, -0.05) is 0 Å². The minimum absolute atomic E-state index is 0.161. The summed E-state index contributed by atoms with van der Waals surface area (Å²) in [6.07, 6.45) is 5.01. The third kappa shape index (κ3) is 2.49. The molecular weight excluding hydrogens is 248 g/mol. The Morgan fingerprint density at radius 2 is 2.11 bits per heavy atom. The minimum atomic E-state index is -0.504. The fourth-order valence-electron chi connectivity index (χ4n) is 1.63. The highest BCUT2D eigenvalue weighted by Crippen LogP contribution is 2.39. The number of aromatic amines is 1. The number of hydrogen-bond acceptors (Lipinski definition) is 4. The Hall–Kier alpha value is -2.57. The molecular formula is C12H12N4O3. The van der Waals surface area contributed by atoms with E-state index in [1.165, 1.54) is 6.26 Å². The topological polar surface area (TPSA) is 100 Å². The molecule has 19 heavy (non-hydrogen) atoms. The molecule has 1 aliphatic rings. The van der Waals surface area contributed by atoms with Gasteiger partial charge in [0.25, 0.3) is 11.8 Å². The van der Waals surface area contributed by atoms with Gasteiger partial charge in [-0.2, -0.15) is 0 Å². The van der Waals surface area contributed by atoms with Gasteiger partial charge < -0.3 is 9.40 Å². The lowest BCUT2D eigenvalue weighted by Gasteiger charge is -2.03. The summed E-state index contributed by atoms with van der Waals surface area (Å²) < 4.78 is 5.20. The lowest BCUT2D eigenvalue weighted by Crippen LogP contribution is -2.41. The van der Waals surface area contributed by atoms with Crippen molar-refractivity contribution in [1.29, 1.82) is 0 Å². The molecule has 98 valence electrons. The predicted octanol–water partition coefficient (Wildman–Crippen LogP) is 0.955. The SMILES string of the molecule is O=C(NNC(=O)c1ccc[nH]1)c1coc(C2CC2)n1. The van der Waals surface area contributed by atoms with E-state index in [4.69, 9.17) is 4.42 Å². The average Bonchev–Trinajstić information content (AvgIpc) is 2.96. The number of nitrogens with zero attached hydrogens (tertiary/aromatic N) is 1. The number of carbonyl (C=O) groups excluding carboxylic acids is 2. The zero-order valence-corrected chi connectivity index (χ0v) is 9.97.